The molecule has 27 heavy (non-hydrogen) atoms. The Morgan fingerprint density at radius 2 is 1.74 bits per heavy atom. The average molecular weight is 387 g/mol. The Hall–Kier alpha value is -2.94. The number of rotatable bonds is 6. The first-order chi connectivity index (χ1) is 12.8. The highest BCUT2D eigenvalue weighted by Gasteiger charge is 2.11. The van der Waals surface area contributed by atoms with Crippen molar-refractivity contribution in [2.24, 2.45) is 0 Å². The van der Waals surface area contributed by atoms with Crippen LogP contribution in [0.15, 0.2) is 36.4 Å². The van der Waals surface area contributed by atoms with E-state index < -0.39 is 10.0 Å². The fourth-order valence-corrected chi connectivity index (χ4v) is 3.03. The van der Waals surface area contributed by atoms with Gasteiger partial charge in [0.1, 0.15) is 5.75 Å². The van der Waals surface area contributed by atoms with Gasteiger partial charge in [-0.2, -0.15) is 5.10 Å². The number of nitrogens with one attached hydrogen (secondary N) is 1. The van der Waals surface area contributed by atoms with Gasteiger partial charge in [-0.1, -0.05) is 0 Å². The maximum Gasteiger partial charge on any atom is 0.238 e. The Kier molecular flexibility index (Phi) is 5.13. The molecule has 0 saturated carbocycles. The molecule has 0 fully saturated rings. The summed E-state index contributed by atoms with van der Waals surface area (Å²) in [5, 5.41) is 12.7. The van der Waals surface area contributed by atoms with Crippen molar-refractivity contribution in [3.63, 3.8) is 0 Å². The van der Waals surface area contributed by atoms with E-state index >= 15 is 0 Å². The molecule has 0 aliphatic carbocycles. The zero-order valence-electron chi connectivity index (χ0n) is 15.6. The lowest BCUT2D eigenvalue weighted by Crippen LogP contribution is -2.14. The molecule has 0 bridgehead atoms. The number of hydrogen-bond donors (Lipinski definition) is 1. The van der Waals surface area contributed by atoms with Crippen LogP contribution in [0.3, 0.4) is 0 Å². The number of aryl methyl sites for hydroxylation is 1. The molecule has 3 rings (SSSR count). The van der Waals surface area contributed by atoms with Gasteiger partial charge < -0.3 is 4.74 Å². The van der Waals surface area contributed by atoms with Crippen LogP contribution in [0.5, 0.6) is 11.6 Å². The van der Waals surface area contributed by atoms with Crippen LogP contribution in [-0.2, 0) is 10.0 Å². The van der Waals surface area contributed by atoms with E-state index in [9.17, 15) is 8.42 Å². The van der Waals surface area contributed by atoms with Crippen molar-refractivity contribution in [1.82, 2.24) is 20.0 Å². The van der Waals surface area contributed by atoms with Gasteiger partial charge in [-0.3, -0.25) is 4.72 Å². The second kappa shape index (κ2) is 7.36. The second-order valence-electron chi connectivity index (χ2n) is 6.07. The summed E-state index contributed by atoms with van der Waals surface area (Å²) >= 11 is 0. The van der Waals surface area contributed by atoms with Crippen molar-refractivity contribution in [2.75, 3.05) is 10.5 Å². The summed E-state index contributed by atoms with van der Waals surface area (Å²) in [5.41, 5.74) is 3.57. The van der Waals surface area contributed by atoms with Crippen LogP contribution >= 0.6 is 0 Å². The van der Waals surface area contributed by atoms with Gasteiger partial charge in [-0.15, -0.1) is 10.2 Å². The van der Waals surface area contributed by atoms with Gasteiger partial charge in [0.25, 0.3) is 0 Å². The SMILES string of the molecule is CCS(=O)(=O)Nc1ccc(Oc2ccc(-n3nc(C)c(C)c3C)nn2)cc1. The van der Waals surface area contributed by atoms with Gasteiger partial charge >= 0.3 is 0 Å². The van der Waals surface area contributed by atoms with E-state index in [1.165, 1.54) is 0 Å². The Balaban J connectivity index is 1.72. The highest BCUT2D eigenvalue weighted by atomic mass is 32.2. The third kappa shape index (κ3) is 4.25. The minimum Gasteiger partial charge on any atom is -0.438 e. The molecule has 1 N–H and O–H groups in total. The summed E-state index contributed by atoms with van der Waals surface area (Å²) < 4.78 is 33.0. The first-order valence-corrected chi connectivity index (χ1v) is 10.1. The molecule has 142 valence electrons. The van der Waals surface area contributed by atoms with Gasteiger partial charge in [0.15, 0.2) is 5.82 Å². The van der Waals surface area contributed by atoms with Crippen LogP contribution in [-0.4, -0.2) is 34.1 Å². The standard InChI is InChI=1S/C18H21N5O3S/c1-5-27(24,25)22-15-6-8-16(9-7-15)26-18-11-10-17(19-20-18)23-14(4)12(2)13(3)21-23/h6-11,22H,5H2,1-4H3. The van der Waals surface area contributed by atoms with Crippen molar-refractivity contribution in [3.8, 4) is 17.4 Å². The van der Waals surface area contributed by atoms with E-state index in [1.807, 2.05) is 20.8 Å². The van der Waals surface area contributed by atoms with Crippen molar-refractivity contribution >= 4 is 15.7 Å². The lowest BCUT2D eigenvalue weighted by Gasteiger charge is -2.08. The van der Waals surface area contributed by atoms with E-state index in [0.29, 0.717) is 23.1 Å². The summed E-state index contributed by atoms with van der Waals surface area (Å²) in [6, 6.07) is 10.1. The molecule has 1 aromatic carbocycles. The lowest BCUT2D eigenvalue weighted by atomic mass is 10.2. The molecule has 0 unspecified atom stereocenters. The number of hydrogen-bond acceptors (Lipinski definition) is 6. The quantitative estimate of drug-likeness (QED) is 0.698. The van der Waals surface area contributed by atoms with Crippen LogP contribution < -0.4 is 9.46 Å². The highest BCUT2D eigenvalue weighted by molar-refractivity contribution is 7.92. The minimum atomic E-state index is -3.30. The van der Waals surface area contributed by atoms with E-state index in [4.69, 9.17) is 4.74 Å². The van der Waals surface area contributed by atoms with Crippen LogP contribution in [0, 0.1) is 20.8 Å². The molecule has 2 aromatic heterocycles. The van der Waals surface area contributed by atoms with Gasteiger partial charge in [0, 0.05) is 17.4 Å². The topological polar surface area (TPSA) is 99.0 Å². The molecule has 0 radical (unpaired) electrons. The molecule has 0 aliphatic heterocycles. The number of aromatic nitrogens is 4. The zero-order chi connectivity index (χ0) is 19.6. The molecule has 9 heteroatoms. The Morgan fingerprint density at radius 1 is 1.04 bits per heavy atom. The zero-order valence-corrected chi connectivity index (χ0v) is 16.4. The first kappa shape index (κ1) is 18.8. The first-order valence-electron chi connectivity index (χ1n) is 8.44. The minimum absolute atomic E-state index is 0.0158. The number of benzene rings is 1. The van der Waals surface area contributed by atoms with Crippen molar-refractivity contribution in [1.29, 1.82) is 0 Å². The fourth-order valence-electron chi connectivity index (χ4n) is 2.39. The monoisotopic (exact) mass is 387 g/mol. The van der Waals surface area contributed by atoms with Crippen LogP contribution in [0.25, 0.3) is 5.82 Å². The molecule has 0 aliphatic rings. The van der Waals surface area contributed by atoms with E-state index in [0.717, 1.165) is 17.0 Å². The molecular weight excluding hydrogens is 366 g/mol. The van der Waals surface area contributed by atoms with Crippen LogP contribution in [0.1, 0.15) is 23.9 Å². The van der Waals surface area contributed by atoms with E-state index in [-0.39, 0.29) is 5.75 Å². The Labute approximate surface area is 158 Å². The number of sulfonamides is 1. The molecule has 8 nitrogen and oxygen atoms in total. The van der Waals surface area contributed by atoms with Gasteiger partial charge in [-0.05, 0) is 63.6 Å². The van der Waals surface area contributed by atoms with Crippen molar-refractivity contribution < 1.29 is 13.2 Å². The number of anilines is 1. The summed E-state index contributed by atoms with van der Waals surface area (Å²) in [6.45, 7) is 7.53. The maximum atomic E-state index is 11.6. The number of nitrogens with zero attached hydrogens (tertiary/aromatic N) is 4. The molecule has 0 saturated heterocycles. The molecule has 0 amide bonds. The lowest BCUT2D eigenvalue weighted by molar-refractivity contribution is 0.454. The molecule has 2 heterocycles. The van der Waals surface area contributed by atoms with Crippen molar-refractivity contribution in [2.45, 2.75) is 27.7 Å². The maximum absolute atomic E-state index is 11.6. The molecule has 0 spiro atoms. The number of ether oxygens (including phenoxy) is 1. The predicted molar refractivity (Wildman–Crippen MR) is 103 cm³/mol. The molecule has 0 atom stereocenters. The van der Waals surface area contributed by atoms with Crippen LogP contribution in [0.4, 0.5) is 5.69 Å². The summed E-state index contributed by atoms with van der Waals surface area (Å²) in [5.74, 6) is 1.49. The molecule has 3 aromatic rings. The third-order valence-corrected chi connectivity index (χ3v) is 5.53. The van der Waals surface area contributed by atoms with Gasteiger partial charge in [0.05, 0.1) is 11.4 Å². The highest BCUT2D eigenvalue weighted by Crippen LogP contribution is 2.22. The largest absolute Gasteiger partial charge is 0.438 e. The summed E-state index contributed by atoms with van der Waals surface area (Å²) in [4.78, 5) is 0. The van der Waals surface area contributed by atoms with Gasteiger partial charge in [-0.25, -0.2) is 13.1 Å². The third-order valence-electron chi connectivity index (χ3n) is 4.23. The summed E-state index contributed by atoms with van der Waals surface area (Å²) in [6.07, 6.45) is 0. The smallest absolute Gasteiger partial charge is 0.238 e. The van der Waals surface area contributed by atoms with Crippen molar-refractivity contribution in [3.05, 3.63) is 53.3 Å². The Morgan fingerprint density at radius 3 is 2.26 bits per heavy atom. The normalized spacial score (nSPS) is 11.4. The summed E-state index contributed by atoms with van der Waals surface area (Å²) in [7, 11) is -3.30. The second-order valence-corrected chi connectivity index (χ2v) is 8.08. The van der Waals surface area contributed by atoms with E-state index in [2.05, 4.69) is 20.0 Å². The average Bonchev–Trinajstić information content (AvgIpc) is 2.91. The van der Waals surface area contributed by atoms with Crippen LogP contribution in [0.2, 0.25) is 0 Å². The van der Waals surface area contributed by atoms with E-state index in [1.54, 1.807) is 48.0 Å². The molecular formula is C18H21N5O3S. The predicted octanol–water partition coefficient (Wildman–Crippen LogP) is 3.14. The van der Waals surface area contributed by atoms with Gasteiger partial charge in [0.2, 0.25) is 15.9 Å². The fraction of sp³-hybridized carbons (Fsp3) is 0.278. The Bertz CT molecular complexity index is 1040.